The molecule has 0 saturated carbocycles. The molecule has 2 heterocycles. The van der Waals surface area contributed by atoms with Crippen LogP contribution in [0.25, 0.3) is 10.9 Å². The number of fused-ring (bicyclic) bond motifs is 1. The molecule has 0 unspecified atom stereocenters. The van der Waals surface area contributed by atoms with Crippen LogP contribution in [0.15, 0.2) is 29.4 Å². The molecule has 0 saturated heterocycles. The van der Waals surface area contributed by atoms with E-state index in [1.165, 1.54) is 23.9 Å². The minimum Gasteiger partial charge on any atom is -0.358 e. The van der Waals surface area contributed by atoms with Crippen LogP contribution in [0.2, 0.25) is 0 Å². The van der Waals surface area contributed by atoms with Gasteiger partial charge in [0, 0.05) is 23.1 Å². The summed E-state index contributed by atoms with van der Waals surface area (Å²) in [7, 11) is 0. The number of carbonyl (C=O) groups excluding carboxylic acids is 1. The summed E-state index contributed by atoms with van der Waals surface area (Å²) in [5, 5.41) is 14.5. The first-order chi connectivity index (χ1) is 11.1. The standard InChI is InChI=1S/C15H16FN5OS/c1-9-11(12-6-10(16)2-3-13(12)19-9)4-5-17-14(22)8-23-15-7-18-21-20-15/h2-3,6-7,19H,4-5,8H2,1H3,(H,17,22)(H,18,20,21). The Hall–Kier alpha value is -2.35. The molecule has 0 aliphatic carbocycles. The molecule has 8 heteroatoms. The third-order valence-electron chi connectivity index (χ3n) is 3.52. The largest absolute Gasteiger partial charge is 0.358 e. The maximum atomic E-state index is 13.4. The number of rotatable bonds is 6. The molecular weight excluding hydrogens is 317 g/mol. The second-order valence-corrected chi connectivity index (χ2v) is 6.11. The first-order valence-electron chi connectivity index (χ1n) is 7.15. The van der Waals surface area contributed by atoms with E-state index < -0.39 is 0 Å². The van der Waals surface area contributed by atoms with Crippen LogP contribution in [-0.2, 0) is 11.2 Å². The Morgan fingerprint density at radius 1 is 1.43 bits per heavy atom. The number of halogens is 1. The molecule has 120 valence electrons. The first kappa shape index (κ1) is 15.5. The second kappa shape index (κ2) is 6.82. The zero-order chi connectivity index (χ0) is 16.2. The number of aromatic nitrogens is 4. The van der Waals surface area contributed by atoms with Crippen molar-refractivity contribution < 1.29 is 9.18 Å². The number of H-pyrrole nitrogens is 2. The summed E-state index contributed by atoms with van der Waals surface area (Å²) in [6.07, 6.45) is 2.22. The van der Waals surface area contributed by atoms with Crippen LogP contribution in [0.3, 0.4) is 0 Å². The van der Waals surface area contributed by atoms with Crippen molar-refractivity contribution in [3.8, 4) is 0 Å². The molecule has 3 rings (SSSR count). The van der Waals surface area contributed by atoms with Crippen molar-refractivity contribution in [2.45, 2.75) is 18.4 Å². The number of aryl methyl sites for hydroxylation is 1. The molecule has 3 aromatic rings. The Balaban J connectivity index is 1.55. The van der Waals surface area contributed by atoms with Crippen LogP contribution in [0.5, 0.6) is 0 Å². The fraction of sp³-hybridized carbons (Fsp3) is 0.267. The quantitative estimate of drug-likeness (QED) is 0.604. The molecule has 0 aliphatic rings. The van der Waals surface area contributed by atoms with Crippen LogP contribution in [0.1, 0.15) is 11.3 Å². The molecule has 0 fully saturated rings. The van der Waals surface area contributed by atoms with Crippen LogP contribution in [0.4, 0.5) is 4.39 Å². The van der Waals surface area contributed by atoms with Gasteiger partial charge in [-0.15, -0.1) is 5.10 Å². The fourth-order valence-electron chi connectivity index (χ4n) is 2.45. The maximum Gasteiger partial charge on any atom is 0.230 e. The Kier molecular flexibility index (Phi) is 4.61. The molecule has 2 aromatic heterocycles. The third kappa shape index (κ3) is 3.70. The van der Waals surface area contributed by atoms with Gasteiger partial charge >= 0.3 is 0 Å². The Morgan fingerprint density at radius 2 is 2.30 bits per heavy atom. The monoisotopic (exact) mass is 333 g/mol. The average Bonchev–Trinajstić information content (AvgIpc) is 3.14. The van der Waals surface area contributed by atoms with E-state index in [9.17, 15) is 9.18 Å². The Morgan fingerprint density at radius 3 is 3.09 bits per heavy atom. The lowest BCUT2D eigenvalue weighted by Crippen LogP contribution is -2.27. The number of thioether (sulfide) groups is 1. The zero-order valence-electron chi connectivity index (χ0n) is 12.5. The highest BCUT2D eigenvalue weighted by Gasteiger charge is 2.10. The van der Waals surface area contributed by atoms with Crippen molar-refractivity contribution in [1.82, 2.24) is 25.7 Å². The predicted molar refractivity (Wildman–Crippen MR) is 86.8 cm³/mol. The highest BCUT2D eigenvalue weighted by atomic mass is 32.2. The number of benzene rings is 1. The van der Waals surface area contributed by atoms with Gasteiger partial charge < -0.3 is 10.3 Å². The van der Waals surface area contributed by atoms with Crippen LogP contribution in [-0.4, -0.2) is 38.6 Å². The van der Waals surface area contributed by atoms with Gasteiger partial charge in [-0.3, -0.25) is 4.79 Å². The van der Waals surface area contributed by atoms with E-state index in [2.05, 4.69) is 25.7 Å². The van der Waals surface area contributed by atoms with Crippen molar-refractivity contribution in [2.75, 3.05) is 12.3 Å². The van der Waals surface area contributed by atoms with Crippen LogP contribution < -0.4 is 5.32 Å². The van der Waals surface area contributed by atoms with E-state index in [1.807, 2.05) is 6.92 Å². The maximum absolute atomic E-state index is 13.4. The molecule has 1 amide bonds. The van der Waals surface area contributed by atoms with E-state index in [1.54, 1.807) is 12.3 Å². The van der Waals surface area contributed by atoms with Crippen molar-refractivity contribution in [2.24, 2.45) is 0 Å². The molecule has 0 aliphatic heterocycles. The summed E-state index contributed by atoms with van der Waals surface area (Å²) in [6.45, 7) is 2.46. The lowest BCUT2D eigenvalue weighted by molar-refractivity contribution is -0.118. The zero-order valence-corrected chi connectivity index (χ0v) is 13.3. The number of hydrogen-bond donors (Lipinski definition) is 3. The number of nitrogens with zero attached hydrogens (tertiary/aromatic N) is 2. The highest BCUT2D eigenvalue weighted by Crippen LogP contribution is 2.23. The molecule has 1 aromatic carbocycles. The van der Waals surface area contributed by atoms with E-state index >= 15 is 0 Å². The smallest absolute Gasteiger partial charge is 0.230 e. The number of carbonyl (C=O) groups is 1. The highest BCUT2D eigenvalue weighted by molar-refractivity contribution is 7.99. The third-order valence-corrected chi connectivity index (χ3v) is 4.42. The summed E-state index contributed by atoms with van der Waals surface area (Å²) < 4.78 is 13.4. The summed E-state index contributed by atoms with van der Waals surface area (Å²) in [6, 6.07) is 4.69. The van der Waals surface area contributed by atoms with Crippen LogP contribution >= 0.6 is 11.8 Å². The minimum atomic E-state index is -0.259. The second-order valence-electron chi connectivity index (χ2n) is 5.12. The van der Waals surface area contributed by atoms with Gasteiger partial charge in [-0.2, -0.15) is 10.3 Å². The molecule has 0 radical (unpaired) electrons. The van der Waals surface area contributed by atoms with Crippen molar-refractivity contribution in [1.29, 1.82) is 0 Å². The Bertz CT molecular complexity index is 815. The van der Waals surface area contributed by atoms with Gasteiger partial charge in [0.2, 0.25) is 5.91 Å². The first-order valence-corrected chi connectivity index (χ1v) is 8.14. The van der Waals surface area contributed by atoms with Gasteiger partial charge in [0.1, 0.15) is 10.8 Å². The summed E-state index contributed by atoms with van der Waals surface area (Å²) >= 11 is 1.32. The van der Waals surface area contributed by atoms with Crippen LogP contribution in [0, 0.1) is 12.7 Å². The van der Waals surface area contributed by atoms with Gasteiger partial charge in [0.15, 0.2) is 0 Å². The lowest BCUT2D eigenvalue weighted by Gasteiger charge is -2.05. The predicted octanol–water partition coefficient (Wildman–Crippen LogP) is 2.18. The number of aromatic amines is 2. The molecule has 0 spiro atoms. The fourth-order valence-corrected chi connectivity index (χ4v) is 3.07. The Labute approximate surface area is 136 Å². The summed E-state index contributed by atoms with van der Waals surface area (Å²) in [4.78, 5) is 15.0. The number of nitrogens with one attached hydrogen (secondary N) is 3. The molecule has 0 bridgehead atoms. The lowest BCUT2D eigenvalue weighted by atomic mass is 10.1. The van der Waals surface area contributed by atoms with E-state index in [-0.39, 0.29) is 17.5 Å². The number of amides is 1. The van der Waals surface area contributed by atoms with E-state index in [4.69, 9.17) is 0 Å². The van der Waals surface area contributed by atoms with Gasteiger partial charge in [-0.25, -0.2) is 4.39 Å². The van der Waals surface area contributed by atoms with E-state index in [0.717, 1.165) is 22.2 Å². The molecule has 23 heavy (non-hydrogen) atoms. The molecule has 0 atom stereocenters. The number of hydrogen-bond acceptors (Lipinski definition) is 4. The topological polar surface area (TPSA) is 86.5 Å². The SMILES string of the molecule is Cc1[nH]c2ccc(F)cc2c1CCNC(=O)CSc1cn[nH]n1. The van der Waals surface area contributed by atoms with Crippen molar-refractivity contribution in [3.63, 3.8) is 0 Å². The summed E-state index contributed by atoms with van der Waals surface area (Å²) in [5.41, 5.74) is 2.94. The summed E-state index contributed by atoms with van der Waals surface area (Å²) in [5.74, 6) is -0.0407. The van der Waals surface area contributed by atoms with Gasteiger partial charge in [-0.05, 0) is 37.1 Å². The normalized spacial score (nSPS) is 11.0. The van der Waals surface area contributed by atoms with Crippen molar-refractivity contribution >= 4 is 28.6 Å². The molecule has 6 nitrogen and oxygen atoms in total. The van der Waals surface area contributed by atoms with Gasteiger partial charge in [0.05, 0.1) is 11.9 Å². The molecular formula is C15H16FN5OS. The molecule has 3 N–H and O–H groups in total. The van der Waals surface area contributed by atoms with E-state index in [0.29, 0.717) is 18.0 Å². The minimum absolute atomic E-state index is 0.0679. The van der Waals surface area contributed by atoms with Gasteiger partial charge in [0.25, 0.3) is 0 Å². The van der Waals surface area contributed by atoms with Crippen molar-refractivity contribution in [3.05, 3.63) is 41.5 Å². The average molecular weight is 333 g/mol. The van der Waals surface area contributed by atoms with Gasteiger partial charge in [-0.1, -0.05) is 11.8 Å².